The summed E-state index contributed by atoms with van der Waals surface area (Å²) in [7, 11) is 0. The van der Waals surface area contributed by atoms with Crippen LogP contribution in [0.4, 0.5) is 0 Å². The second kappa shape index (κ2) is 13.3. The number of hydrogen-bond donors (Lipinski definition) is 5. The van der Waals surface area contributed by atoms with Crippen LogP contribution in [0.15, 0.2) is 0 Å². The van der Waals surface area contributed by atoms with Gasteiger partial charge in [-0.05, 0) is 54.8 Å². The van der Waals surface area contributed by atoms with Gasteiger partial charge in [-0.1, -0.05) is 61.3 Å². The van der Waals surface area contributed by atoms with Crippen LogP contribution in [-0.2, 0) is 24.0 Å². The molecule has 0 aromatic heterocycles. The number of nitrogens with one attached hydrogen (secondary N) is 3. The molecule has 2 aliphatic carbocycles. The minimum Gasteiger partial charge on any atom is -0.365 e. The van der Waals surface area contributed by atoms with Gasteiger partial charge in [0.2, 0.25) is 17.6 Å². The van der Waals surface area contributed by atoms with Gasteiger partial charge >= 0.3 is 0 Å². The van der Waals surface area contributed by atoms with Crippen LogP contribution >= 0.6 is 0 Å². The number of amides is 3. The Hall–Kier alpha value is -2.37. The lowest BCUT2D eigenvalue weighted by Crippen LogP contribution is -2.63. The van der Waals surface area contributed by atoms with Crippen LogP contribution in [0.1, 0.15) is 87.0 Å². The van der Waals surface area contributed by atoms with Gasteiger partial charge in [-0.15, -0.1) is 0 Å². The summed E-state index contributed by atoms with van der Waals surface area (Å²) in [6.45, 7) is 13.7. The average Bonchev–Trinajstić information content (AvgIpc) is 3.81. The maximum absolute atomic E-state index is 14.1. The Morgan fingerprint density at radius 2 is 1.56 bits per heavy atom. The first-order valence-electron chi connectivity index (χ1n) is 15.2. The summed E-state index contributed by atoms with van der Waals surface area (Å²) in [6.07, 6.45) is 3.20. The summed E-state index contributed by atoms with van der Waals surface area (Å²) < 4.78 is 0. The smallest absolute Gasteiger partial charge is 0.287 e. The fourth-order valence-electron chi connectivity index (χ4n) is 5.90. The van der Waals surface area contributed by atoms with Crippen LogP contribution in [0.2, 0.25) is 0 Å². The first-order chi connectivity index (χ1) is 19.0. The lowest BCUT2D eigenvalue weighted by molar-refractivity contribution is -0.146. The van der Waals surface area contributed by atoms with E-state index in [1.54, 1.807) is 0 Å². The zero-order valence-corrected chi connectivity index (χ0v) is 25.7. The summed E-state index contributed by atoms with van der Waals surface area (Å²) >= 11 is 0. The van der Waals surface area contributed by atoms with Crippen molar-refractivity contribution in [3.63, 3.8) is 0 Å². The summed E-state index contributed by atoms with van der Waals surface area (Å²) in [5.74, 6) is -2.53. The molecule has 11 heteroatoms. The van der Waals surface area contributed by atoms with Gasteiger partial charge in [-0.25, -0.2) is 0 Å². The summed E-state index contributed by atoms with van der Waals surface area (Å²) in [6, 6.07) is -3.30. The summed E-state index contributed by atoms with van der Waals surface area (Å²) in [5, 5.41) is 19.7. The maximum Gasteiger partial charge on any atom is 0.287 e. The molecule has 2 saturated carbocycles. The third kappa shape index (κ3) is 8.58. The lowest BCUT2D eigenvalue weighted by Gasteiger charge is -2.38. The van der Waals surface area contributed by atoms with Crippen LogP contribution < -0.4 is 21.7 Å². The van der Waals surface area contributed by atoms with Crippen molar-refractivity contribution in [2.45, 2.75) is 118 Å². The number of ketones is 2. The Kier molecular flexibility index (Phi) is 10.7. The van der Waals surface area contributed by atoms with Crippen molar-refractivity contribution in [1.29, 1.82) is 0 Å². The van der Waals surface area contributed by atoms with Gasteiger partial charge in [-0.2, -0.15) is 0 Å². The van der Waals surface area contributed by atoms with E-state index in [0.29, 0.717) is 19.4 Å². The molecule has 41 heavy (non-hydrogen) atoms. The quantitative estimate of drug-likeness (QED) is 0.142. The SMILES string of the molecule is CC(C)[C@H](NC(O)N[C@H](C(=O)N1CC[C@H](C(C)C)[C@H]1C(=O)NC(CC1CC1)C(=O)C(N)=O)C(C)(C)C)C(=O)C1CC1. The molecule has 0 aromatic carbocycles. The molecule has 6 N–H and O–H groups in total. The predicted molar refractivity (Wildman–Crippen MR) is 154 cm³/mol. The number of carbonyl (C=O) groups excluding carboxylic acids is 5. The maximum atomic E-state index is 14.1. The molecule has 2 unspecified atom stereocenters. The number of carbonyl (C=O) groups is 5. The molecule has 11 nitrogen and oxygen atoms in total. The van der Waals surface area contributed by atoms with Crippen molar-refractivity contribution < 1.29 is 29.1 Å². The van der Waals surface area contributed by atoms with Gasteiger partial charge < -0.3 is 21.1 Å². The Labute approximate surface area is 244 Å². The van der Waals surface area contributed by atoms with Gasteiger partial charge in [0.15, 0.2) is 12.1 Å². The van der Waals surface area contributed by atoms with E-state index >= 15 is 0 Å². The van der Waals surface area contributed by atoms with E-state index in [4.69, 9.17) is 5.73 Å². The molecule has 0 bridgehead atoms. The number of hydrogen-bond acceptors (Lipinski definition) is 8. The zero-order valence-electron chi connectivity index (χ0n) is 25.7. The van der Waals surface area contributed by atoms with Crippen molar-refractivity contribution in [3.8, 4) is 0 Å². The van der Waals surface area contributed by atoms with Gasteiger partial charge in [0.25, 0.3) is 5.91 Å². The average molecular weight is 578 g/mol. The van der Waals surface area contributed by atoms with Crippen LogP contribution in [0.25, 0.3) is 0 Å². The van der Waals surface area contributed by atoms with E-state index in [1.807, 2.05) is 48.5 Å². The van der Waals surface area contributed by atoms with E-state index in [2.05, 4.69) is 16.0 Å². The molecular weight excluding hydrogens is 526 g/mol. The minimum atomic E-state index is -1.33. The van der Waals surface area contributed by atoms with Gasteiger partial charge in [0.05, 0.1) is 18.1 Å². The third-order valence-corrected chi connectivity index (χ3v) is 8.72. The molecule has 1 saturated heterocycles. The highest BCUT2D eigenvalue weighted by Crippen LogP contribution is 2.36. The molecule has 3 fully saturated rings. The van der Waals surface area contributed by atoms with Gasteiger partial charge in [-0.3, -0.25) is 34.6 Å². The van der Waals surface area contributed by atoms with E-state index in [1.165, 1.54) is 4.90 Å². The first kappa shape index (κ1) is 33.1. The van der Waals surface area contributed by atoms with Gasteiger partial charge in [0.1, 0.15) is 6.04 Å². The predicted octanol–water partition coefficient (Wildman–Crippen LogP) is 1.07. The topological polar surface area (TPSA) is 171 Å². The van der Waals surface area contributed by atoms with E-state index in [9.17, 15) is 29.1 Å². The lowest BCUT2D eigenvalue weighted by atomic mass is 9.84. The largest absolute Gasteiger partial charge is 0.365 e. The van der Waals surface area contributed by atoms with Crippen LogP contribution in [-0.4, -0.2) is 76.4 Å². The molecule has 3 rings (SSSR count). The Bertz CT molecular complexity index is 1000. The van der Waals surface area contributed by atoms with Crippen molar-refractivity contribution >= 4 is 29.3 Å². The number of Topliss-reactive ketones (excluding diaryl/α,β-unsaturated/α-hetero) is 2. The third-order valence-electron chi connectivity index (χ3n) is 8.72. The molecule has 0 spiro atoms. The number of nitrogens with zero attached hydrogens (tertiary/aromatic N) is 1. The van der Waals surface area contributed by atoms with E-state index in [0.717, 1.165) is 25.7 Å². The molecular formula is C30H51N5O6. The van der Waals surface area contributed by atoms with E-state index in [-0.39, 0.29) is 41.3 Å². The number of likely N-dealkylation sites (tertiary alicyclic amines) is 1. The fourth-order valence-corrected chi connectivity index (χ4v) is 5.90. The van der Waals surface area contributed by atoms with Crippen molar-refractivity contribution in [3.05, 3.63) is 0 Å². The van der Waals surface area contributed by atoms with Crippen molar-refractivity contribution in [2.24, 2.45) is 40.7 Å². The molecule has 232 valence electrons. The Balaban J connectivity index is 1.80. The minimum absolute atomic E-state index is 0.0177. The second-order valence-electron chi connectivity index (χ2n) is 14.1. The summed E-state index contributed by atoms with van der Waals surface area (Å²) in [5.41, 5.74) is 4.62. The fraction of sp³-hybridized carbons (Fsp3) is 0.833. The van der Waals surface area contributed by atoms with Crippen LogP contribution in [0.5, 0.6) is 0 Å². The molecule has 1 aliphatic heterocycles. The van der Waals surface area contributed by atoms with Crippen molar-refractivity contribution in [1.82, 2.24) is 20.9 Å². The second-order valence-corrected chi connectivity index (χ2v) is 14.1. The number of rotatable bonds is 15. The Morgan fingerprint density at radius 3 is 2.02 bits per heavy atom. The Morgan fingerprint density at radius 1 is 0.951 bits per heavy atom. The molecule has 0 radical (unpaired) electrons. The normalized spacial score (nSPS) is 24.2. The van der Waals surface area contributed by atoms with Gasteiger partial charge in [0, 0.05) is 12.5 Å². The number of aliphatic hydroxyl groups is 1. The van der Waals surface area contributed by atoms with Crippen LogP contribution in [0, 0.1) is 35.0 Å². The van der Waals surface area contributed by atoms with Crippen LogP contribution in [0.3, 0.4) is 0 Å². The molecule has 0 aromatic rings. The number of nitrogens with two attached hydrogens (primary N) is 1. The number of aliphatic hydroxyl groups excluding tert-OH is 1. The number of primary amides is 1. The molecule has 3 amide bonds. The standard InChI is InChI=1S/C30H51N5O6/c1-15(2)19-12-13-35(22(19)27(39)32-20(14-17-8-9-17)24(37)26(31)38)28(40)25(30(5,6)7)34-29(41)33-21(16(3)4)23(36)18-10-11-18/h15-22,25,29,33-34,41H,8-14H2,1-7H3,(H2,31,38)(H,32,39)/t19-,20?,21+,22+,25-,29?/m1/s1. The first-order valence-corrected chi connectivity index (χ1v) is 15.2. The van der Waals surface area contributed by atoms with E-state index < -0.39 is 53.5 Å². The van der Waals surface area contributed by atoms with Crippen molar-refractivity contribution in [2.75, 3.05) is 6.54 Å². The highest BCUT2D eigenvalue weighted by molar-refractivity contribution is 6.37. The monoisotopic (exact) mass is 577 g/mol. The molecule has 3 aliphatic rings. The molecule has 6 atom stereocenters. The highest BCUT2D eigenvalue weighted by Gasteiger charge is 2.48. The zero-order chi connectivity index (χ0) is 30.8. The summed E-state index contributed by atoms with van der Waals surface area (Å²) in [4.78, 5) is 66.4. The highest BCUT2D eigenvalue weighted by atomic mass is 16.3. The molecule has 1 heterocycles.